The monoisotopic (exact) mass is 381 g/mol. The molecule has 1 aromatic carbocycles. The molecule has 28 heavy (non-hydrogen) atoms. The summed E-state index contributed by atoms with van der Waals surface area (Å²) in [5.41, 5.74) is 3.17. The number of carbonyl (C=O) groups is 3. The molecule has 1 saturated heterocycles. The zero-order valence-corrected chi connectivity index (χ0v) is 16.2. The topological polar surface area (TPSA) is 80.6 Å². The number of amides is 3. The second-order valence-corrected chi connectivity index (χ2v) is 7.40. The minimum atomic E-state index is -0.715. The van der Waals surface area contributed by atoms with Gasteiger partial charge in [-0.05, 0) is 44.9 Å². The summed E-state index contributed by atoms with van der Waals surface area (Å²) >= 11 is 0. The lowest BCUT2D eigenvalue weighted by atomic mass is 10.1. The van der Waals surface area contributed by atoms with E-state index in [1.165, 1.54) is 0 Å². The van der Waals surface area contributed by atoms with Crippen LogP contribution in [0.4, 0.5) is 0 Å². The fourth-order valence-corrected chi connectivity index (χ4v) is 3.94. The van der Waals surface area contributed by atoms with Crippen molar-refractivity contribution in [1.82, 2.24) is 14.8 Å². The molecule has 1 atom stereocenters. The number of imide groups is 1. The summed E-state index contributed by atoms with van der Waals surface area (Å²) in [6, 6.07) is 8.80. The number of rotatable bonds is 5. The molecule has 2 fully saturated rings. The van der Waals surface area contributed by atoms with Crippen LogP contribution in [0.15, 0.2) is 30.3 Å². The molecular weight excluding hydrogens is 358 g/mol. The van der Waals surface area contributed by atoms with E-state index in [0.717, 1.165) is 35.7 Å². The van der Waals surface area contributed by atoms with Crippen molar-refractivity contribution in [2.75, 3.05) is 7.11 Å². The first-order valence-corrected chi connectivity index (χ1v) is 9.40. The highest BCUT2D eigenvalue weighted by molar-refractivity contribution is 6.08. The van der Waals surface area contributed by atoms with E-state index in [-0.39, 0.29) is 30.2 Å². The van der Waals surface area contributed by atoms with Crippen molar-refractivity contribution in [2.24, 2.45) is 0 Å². The molecule has 146 valence electrons. The van der Waals surface area contributed by atoms with Crippen LogP contribution in [0.1, 0.15) is 41.0 Å². The highest BCUT2D eigenvalue weighted by Crippen LogP contribution is 2.34. The van der Waals surface area contributed by atoms with Gasteiger partial charge >= 0.3 is 0 Å². The summed E-state index contributed by atoms with van der Waals surface area (Å²) in [7, 11) is 1.62. The molecule has 2 heterocycles. The second-order valence-electron chi connectivity index (χ2n) is 7.40. The van der Waals surface area contributed by atoms with Crippen molar-refractivity contribution in [1.29, 1.82) is 0 Å². The van der Waals surface area contributed by atoms with E-state index >= 15 is 0 Å². The molecule has 1 N–H and O–H groups in total. The van der Waals surface area contributed by atoms with Crippen LogP contribution in [0.5, 0.6) is 5.75 Å². The summed E-state index contributed by atoms with van der Waals surface area (Å²) in [5, 5.41) is 2.32. The maximum Gasteiger partial charge on any atom is 0.256 e. The predicted molar refractivity (Wildman–Crippen MR) is 103 cm³/mol. The lowest BCUT2D eigenvalue weighted by Crippen LogP contribution is -2.46. The van der Waals surface area contributed by atoms with E-state index in [1.807, 2.05) is 48.7 Å². The molecule has 0 spiro atoms. The number of hydrogen-bond donors (Lipinski definition) is 1. The Kier molecular flexibility index (Phi) is 4.45. The third kappa shape index (κ3) is 3.06. The van der Waals surface area contributed by atoms with Crippen LogP contribution in [0, 0.1) is 13.8 Å². The van der Waals surface area contributed by atoms with Gasteiger partial charge in [-0.1, -0.05) is 6.07 Å². The molecule has 1 aromatic heterocycles. The first-order valence-electron chi connectivity index (χ1n) is 9.40. The van der Waals surface area contributed by atoms with Crippen molar-refractivity contribution in [3.63, 3.8) is 0 Å². The molecule has 1 aliphatic carbocycles. The first kappa shape index (κ1) is 18.3. The minimum Gasteiger partial charge on any atom is -0.497 e. The van der Waals surface area contributed by atoms with E-state index in [1.54, 1.807) is 12.0 Å². The number of aryl methyl sites for hydroxylation is 1. The summed E-state index contributed by atoms with van der Waals surface area (Å²) in [6.07, 6.45) is 1.76. The van der Waals surface area contributed by atoms with E-state index in [9.17, 15) is 14.4 Å². The van der Waals surface area contributed by atoms with E-state index < -0.39 is 6.04 Å². The fourth-order valence-electron chi connectivity index (χ4n) is 3.94. The van der Waals surface area contributed by atoms with Crippen LogP contribution >= 0.6 is 0 Å². The Morgan fingerprint density at radius 1 is 1.21 bits per heavy atom. The van der Waals surface area contributed by atoms with Gasteiger partial charge in [0.1, 0.15) is 11.8 Å². The number of benzene rings is 1. The Bertz CT molecular complexity index is 974. The van der Waals surface area contributed by atoms with Gasteiger partial charge < -0.3 is 14.2 Å². The number of nitrogens with one attached hydrogen (secondary N) is 1. The van der Waals surface area contributed by atoms with Gasteiger partial charge in [0.15, 0.2) is 0 Å². The zero-order valence-electron chi connectivity index (χ0n) is 16.2. The molecule has 1 saturated carbocycles. The van der Waals surface area contributed by atoms with Crippen LogP contribution in [-0.4, -0.2) is 46.4 Å². The van der Waals surface area contributed by atoms with Gasteiger partial charge in [0, 0.05) is 29.2 Å². The molecule has 0 radical (unpaired) electrons. The van der Waals surface area contributed by atoms with Gasteiger partial charge in [-0.3, -0.25) is 19.7 Å². The standard InChI is InChI=1S/C21H23N3O4/c1-12-9-17(13(2)23(12)15-5-4-6-16(10-15)28-3)21(27)24(14-7-8-14)18-11-19(25)22-20(18)26/h4-6,9-10,14,18H,7-8,11H2,1-3H3,(H,22,25,26)/t18-/m1/s1. The predicted octanol–water partition coefficient (Wildman–Crippen LogP) is 2.12. The van der Waals surface area contributed by atoms with Crippen molar-refractivity contribution in [3.8, 4) is 11.4 Å². The van der Waals surface area contributed by atoms with Crippen molar-refractivity contribution in [2.45, 2.75) is 45.2 Å². The maximum absolute atomic E-state index is 13.4. The lowest BCUT2D eigenvalue weighted by Gasteiger charge is -2.26. The Morgan fingerprint density at radius 2 is 1.96 bits per heavy atom. The Hall–Kier alpha value is -3.09. The summed E-state index contributed by atoms with van der Waals surface area (Å²) in [6.45, 7) is 3.83. The quantitative estimate of drug-likeness (QED) is 0.805. The molecule has 4 rings (SSSR count). The molecule has 3 amide bonds. The fraction of sp³-hybridized carbons (Fsp3) is 0.381. The molecule has 7 heteroatoms. The number of carbonyl (C=O) groups excluding carboxylic acids is 3. The number of nitrogens with zero attached hydrogens (tertiary/aromatic N) is 2. The average Bonchev–Trinajstić information content (AvgIpc) is 3.38. The number of ether oxygens (including phenoxy) is 1. The van der Waals surface area contributed by atoms with Crippen LogP contribution in [-0.2, 0) is 9.59 Å². The Morgan fingerprint density at radius 3 is 2.57 bits per heavy atom. The normalized spacial score (nSPS) is 18.9. The third-order valence-electron chi connectivity index (χ3n) is 5.43. The van der Waals surface area contributed by atoms with Crippen LogP contribution < -0.4 is 10.1 Å². The first-order chi connectivity index (χ1) is 13.4. The SMILES string of the molecule is COc1cccc(-n2c(C)cc(C(=O)N(C3CC3)[C@@H]3CC(=O)NC3=O)c2C)c1. The molecule has 0 unspecified atom stereocenters. The number of hydrogen-bond acceptors (Lipinski definition) is 4. The smallest absolute Gasteiger partial charge is 0.256 e. The second kappa shape index (κ2) is 6.82. The van der Waals surface area contributed by atoms with Crippen LogP contribution in [0.2, 0.25) is 0 Å². The van der Waals surface area contributed by atoms with Gasteiger partial charge in [0.2, 0.25) is 11.8 Å². The van der Waals surface area contributed by atoms with Crippen molar-refractivity contribution in [3.05, 3.63) is 47.3 Å². The largest absolute Gasteiger partial charge is 0.497 e. The molecule has 2 aromatic rings. The number of methoxy groups -OCH3 is 1. The average molecular weight is 381 g/mol. The Balaban J connectivity index is 1.71. The molecule has 0 bridgehead atoms. The summed E-state index contributed by atoms with van der Waals surface area (Å²) in [4.78, 5) is 38.9. The highest BCUT2D eigenvalue weighted by atomic mass is 16.5. The van der Waals surface area contributed by atoms with E-state index in [2.05, 4.69) is 5.32 Å². The van der Waals surface area contributed by atoms with Crippen molar-refractivity contribution >= 4 is 17.7 Å². The maximum atomic E-state index is 13.4. The molecular formula is C21H23N3O4. The number of aromatic nitrogens is 1. The summed E-state index contributed by atoms with van der Waals surface area (Å²) < 4.78 is 7.31. The summed E-state index contributed by atoms with van der Waals surface area (Å²) in [5.74, 6) is -0.166. The van der Waals surface area contributed by atoms with Crippen LogP contribution in [0.25, 0.3) is 5.69 Å². The van der Waals surface area contributed by atoms with E-state index in [4.69, 9.17) is 4.74 Å². The molecule has 1 aliphatic heterocycles. The highest BCUT2D eigenvalue weighted by Gasteiger charge is 2.45. The van der Waals surface area contributed by atoms with Crippen LogP contribution in [0.3, 0.4) is 0 Å². The van der Waals surface area contributed by atoms with Gasteiger partial charge in [-0.15, -0.1) is 0 Å². The Labute approximate surface area is 163 Å². The van der Waals surface area contributed by atoms with Crippen molar-refractivity contribution < 1.29 is 19.1 Å². The van der Waals surface area contributed by atoms with Gasteiger partial charge in [0.25, 0.3) is 5.91 Å². The van der Waals surface area contributed by atoms with Gasteiger partial charge in [-0.25, -0.2) is 0 Å². The zero-order chi connectivity index (χ0) is 20.0. The molecule has 2 aliphatic rings. The third-order valence-corrected chi connectivity index (χ3v) is 5.43. The lowest BCUT2D eigenvalue weighted by molar-refractivity contribution is -0.126. The van der Waals surface area contributed by atoms with E-state index in [0.29, 0.717) is 5.56 Å². The minimum absolute atomic E-state index is 0.0222. The van der Waals surface area contributed by atoms with Gasteiger partial charge in [-0.2, -0.15) is 0 Å². The molecule has 7 nitrogen and oxygen atoms in total. The van der Waals surface area contributed by atoms with Gasteiger partial charge in [0.05, 0.1) is 19.1 Å².